The molecule has 33 heavy (non-hydrogen) atoms. The van der Waals surface area contributed by atoms with E-state index in [-0.39, 0.29) is 12.6 Å². The second-order valence-electron chi connectivity index (χ2n) is 8.59. The maximum Gasteiger partial charge on any atom is 0.148 e. The molecule has 3 aromatic rings. The van der Waals surface area contributed by atoms with Crippen LogP contribution in [0.4, 0.5) is 11.4 Å². The minimum absolute atomic E-state index is 0.227. The van der Waals surface area contributed by atoms with Crippen molar-refractivity contribution in [2.75, 3.05) is 11.9 Å². The van der Waals surface area contributed by atoms with E-state index in [9.17, 15) is 0 Å². The van der Waals surface area contributed by atoms with E-state index in [0.29, 0.717) is 11.8 Å². The van der Waals surface area contributed by atoms with Crippen molar-refractivity contribution in [1.29, 1.82) is 0 Å². The molecule has 2 aliphatic rings. The van der Waals surface area contributed by atoms with Gasteiger partial charge in [0.15, 0.2) is 0 Å². The molecule has 0 fully saturated rings. The fourth-order valence-corrected chi connectivity index (χ4v) is 5.21. The zero-order valence-electron chi connectivity index (χ0n) is 18.5. The molecule has 0 amide bonds. The smallest absolute Gasteiger partial charge is 0.148 e. The van der Waals surface area contributed by atoms with Crippen LogP contribution in [-0.4, -0.2) is 12.8 Å². The Kier molecular flexibility index (Phi) is 6.07. The number of nitrogens with one attached hydrogen (secondary N) is 1. The van der Waals surface area contributed by atoms with Crippen molar-refractivity contribution in [3.05, 3.63) is 99.5 Å². The number of terminal acetylenes is 1. The van der Waals surface area contributed by atoms with Crippen molar-refractivity contribution in [2.24, 2.45) is 10.9 Å². The fourth-order valence-electron chi connectivity index (χ4n) is 4.83. The molecule has 0 spiro atoms. The van der Waals surface area contributed by atoms with Crippen LogP contribution in [0, 0.1) is 25.2 Å². The minimum atomic E-state index is 0.227. The zero-order chi connectivity index (χ0) is 22.8. The van der Waals surface area contributed by atoms with E-state index in [4.69, 9.17) is 11.2 Å². The van der Waals surface area contributed by atoms with Gasteiger partial charge in [-0.1, -0.05) is 63.8 Å². The number of halogens is 1. The molecule has 0 bridgehead atoms. The Balaban J connectivity index is 1.37. The minimum Gasteiger partial charge on any atom is -0.480 e. The third kappa shape index (κ3) is 4.47. The Hall–Kier alpha value is -3.29. The van der Waals surface area contributed by atoms with Gasteiger partial charge in [0, 0.05) is 27.9 Å². The number of anilines is 1. The maximum atomic E-state index is 5.64. The van der Waals surface area contributed by atoms with Crippen LogP contribution in [0.2, 0.25) is 0 Å². The summed E-state index contributed by atoms with van der Waals surface area (Å²) in [7, 11) is 0. The second kappa shape index (κ2) is 9.29. The van der Waals surface area contributed by atoms with Gasteiger partial charge in [-0.2, -0.15) is 0 Å². The number of allylic oxidation sites excluding steroid dienone is 2. The lowest BCUT2D eigenvalue weighted by molar-refractivity contribution is 0.370. The van der Waals surface area contributed by atoms with E-state index in [0.717, 1.165) is 27.9 Å². The summed E-state index contributed by atoms with van der Waals surface area (Å²) < 4.78 is 6.61. The first kappa shape index (κ1) is 21.6. The molecule has 1 heterocycles. The highest BCUT2D eigenvalue weighted by atomic mass is 79.9. The first-order valence-corrected chi connectivity index (χ1v) is 12.0. The van der Waals surface area contributed by atoms with Crippen molar-refractivity contribution in [3.8, 4) is 18.1 Å². The summed E-state index contributed by atoms with van der Waals surface area (Å²) in [5.74, 6) is 4.23. The van der Waals surface area contributed by atoms with Crippen molar-refractivity contribution >= 4 is 33.5 Å². The predicted octanol–water partition coefficient (Wildman–Crippen LogP) is 7.35. The molecule has 164 valence electrons. The molecular formula is C29H25BrN2O. The normalized spacial score (nSPS) is 20.7. The number of ether oxygens (including phenoxy) is 1. The molecule has 0 unspecified atom stereocenters. The van der Waals surface area contributed by atoms with Gasteiger partial charge < -0.3 is 10.1 Å². The Morgan fingerprint density at radius 1 is 1.15 bits per heavy atom. The number of rotatable bonds is 5. The van der Waals surface area contributed by atoms with Crippen LogP contribution in [0.1, 0.15) is 40.6 Å². The van der Waals surface area contributed by atoms with Gasteiger partial charge in [0.05, 0.1) is 11.7 Å². The molecule has 1 aliphatic carbocycles. The van der Waals surface area contributed by atoms with Gasteiger partial charge in [-0.3, -0.25) is 4.99 Å². The van der Waals surface area contributed by atoms with Crippen molar-refractivity contribution < 1.29 is 4.74 Å². The molecule has 0 radical (unpaired) electrons. The van der Waals surface area contributed by atoms with Crippen molar-refractivity contribution in [3.63, 3.8) is 0 Å². The molecule has 1 aliphatic heterocycles. The van der Waals surface area contributed by atoms with Crippen LogP contribution < -0.4 is 10.1 Å². The summed E-state index contributed by atoms with van der Waals surface area (Å²) in [4.78, 5) is 4.67. The molecule has 1 N–H and O–H groups in total. The lowest BCUT2D eigenvalue weighted by Gasteiger charge is -2.37. The van der Waals surface area contributed by atoms with Gasteiger partial charge >= 0.3 is 0 Å². The van der Waals surface area contributed by atoms with E-state index >= 15 is 0 Å². The Labute approximate surface area is 203 Å². The van der Waals surface area contributed by atoms with Crippen molar-refractivity contribution in [1.82, 2.24) is 0 Å². The van der Waals surface area contributed by atoms with Crippen LogP contribution in [0.3, 0.4) is 0 Å². The molecular weight excluding hydrogens is 472 g/mol. The summed E-state index contributed by atoms with van der Waals surface area (Å²) in [5, 5.41) is 3.81. The van der Waals surface area contributed by atoms with Gasteiger partial charge in [0.2, 0.25) is 0 Å². The third-order valence-corrected chi connectivity index (χ3v) is 6.90. The van der Waals surface area contributed by atoms with Gasteiger partial charge in [-0.05, 0) is 66.8 Å². The van der Waals surface area contributed by atoms with Gasteiger partial charge in [0.25, 0.3) is 0 Å². The number of aryl methyl sites for hydroxylation is 1. The second-order valence-corrected chi connectivity index (χ2v) is 9.51. The molecule has 4 heteroatoms. The molecule has 3 aromatic carbocycles. The summed E-state index contributed by atoms with van der Waals surface area (Å²) in [6, 6.07) is 21.4. The van der Waals surface area contributed by atoms with Crippen LogP contribution in [0.15, 0.2) is 82.3 Å². The Bertz CT molecular complexity index is 1270. The summed E-state index contributed by atoms with van der Waals surface area (Å²) in [5.41, 5.74) is 7.05. The summed E-state index contributed by atoms with van der Waals surface area (Å²) in [6.45, 7) is 2.39. The van der Waals surface area contributed by atoms with Gasteiger partial charge in [-0.25, -0.2) is 0 Å². The number of aliphatic imine (C=N–C) groups is 1. The maximum absolute atomic E-state index is 5.64. The Morgan fingerprint density at radius 2 is 2.00 bits per heavy atom. The lowest BCUT2D eigenvalue weighted by Crippen LogP contribution is -2.29. The first-order chi connectivity index (χ1) is 16.1. The van der Waals surface area contributed by atoms with Crippen LogP contribution in [0.25, 0.3) is 0 Å². The number of benzene rings is 3. The quantitative estimate of drug-likeness (QED) is 0.227. The number of hydrogen-bond donors (Lipinski definition) is 1. The molecule has 0 aromatic heterocycles. The average molecular weight is 497 g/mol. The third-order valence-electron chi connectivity index (χ3n) is 6.41. The van der Waals surface area contributed by atoms with Crippen molar-refractivity contribution in [2.45, 2.75) is 25.3 Å². The standard InChI is InChI=1S/C29H25BrN2O/c1-3-15-33-28-14-10-22(30)17-21(28)18-31-23-11-8-20(9-12-23)29-25-6-4-5-24(25)26-16-19(2)7-13-27(26)32-29/h1,4-5,7-14,16-18,24-25,29,32H,6,15H2,2H3/t24-,25-,29-/m0/s1. The summed E-state index contributed by atoms with van der Waals surface area (Å²) in [6.07, 6.45) is 13.0. The molecule has 3 nitrogen and oxygen atoms in total. The lowest BCUT2D eigenvalue weighted by atomic mass is 9.76. The predicted molar refractivity (Wildman–Crippen MR) is 140 cm³/mol. The average Bonchev–Trinajstić information content (AvgIpc) is 3.32. The van der Waals surface area contributed by atoms with E-state index in [1.165, 1.54) is 22.4 Å². The fraction of sp³-hybridized carbons (Fsp3) is 0.207. The van der Waals surface area contributed by atoms with E-state index in [2.05, 4.69) is 93.7 Å². The van der Waals surface area contributed by atoms with Gasteiger partial charge in [0.1, 0.15) is 12.4 Å². The van der Waals surface area contributed by atoms with E-state index < -0.39 is 0 Å². The highest BCUT2D eigenvalue weighted by Gasteiger charge is 2.37. The highest BCUT2D eigenvalue weighted by molar-refractivity contribution is 9.10. The Morgan fingerprint density at radius 3 is 2.82 bits per heavy atom. The number of nitrogens with zero attached hydrogens (tertiary/aromatic N) is 1. The summed E-state index contributed by atoms with van der Waals surface area (Å²) >= 11 is 3.51. The number of hydrogen-bond acceptors (Lipinski definition) is 3. The highest BCUT2D eigenvalue weighted by Crippen LogP contribution is 2.50. The van der Waals surface area contributed by atoms with E-state index in [1.807, 2.05) is 24.4 Å². The van der Waals surface area contributed by atoms with Crippen LogP contribution in [-0.2, 0) is 0 Å². The largest absolute Gasteiger partial charge is 0.480 e. The van der Waals surface area contributed by atoms with Crippen LogP contribution in [0.5, 0.6) is 5.75 Å². The van der Waals surface area contributed by atoms with Crippen LogP contribution >= 0.6 is 15.9 Å². The molecule has 0 saturated heterocycles. The first-order valence-electron chi connectivity index (χ1n) is 11.2. The molecule has 3 atom stereocenters. The topological polar surface area (TPSA) is 33.6 Å². The molecule has 0 saturated carbocycles. The SMILES string of the molecule is C#CCOc1ccc(Br)cc1C=Nc1ccc([C@@H]2Nc3ccc(C)cc3[C@H]3C=CC[C@@H]32)cc1. The van der Waals surface area contributed by atoms with E-state index in [1.54, 1.807) is 0 Å². The zero-order valence-corrected chi connectivity index (χ0v) is 20.0. The molecule has 5 rings (SSSR count). The number of fused-ring (bicyclic) bond motifs is 3. The monoisotopic (exact) mass is 496 g/mol. The van der Waals surface area contributed by atoms with Gasteiger partial charge in [-0.15, -0.1) is 6.42 Å².